The second-order valence-electron chi connectivity index (χ2n) is 11.3. The van der Waals surface area contributed by atoms with E-state index >= 15 is 0 Å². The lowest BCUT2D eigenvalue weighted by atomic mass is 9.96. The van der Waals surface area contributed by atoms with Crippen LogP contribution in [0.1, 0.15) is 47.2 Å². The van der Waals surface area contributed by atoms with Gasteiger partial charge in [0.25, 0.3) is 5.91 Å². The molecule has 4 rings (SSSR count). The third-order valence-corrected chi connectivity index (χ3v) is 6.70. The van der Waals surface area contributed by atoms with Crippen molar-refractivity contribution in [1.29, 1.82) is 5.41 Å². The van der Waals surface area contributed by atoms with E-state index in [1.165, 1.54) is 6.92 Å². The van der Waals surface area contributed by atoms with Crippen molar-refractivity contribution in [1.82, 2.24) is 19.7 Å². The molecule has 1 aliphatic heterocycles. The Bertz CT molecular complexity index is 1410. The SMILES string of the molecule is CC(=O)N1CCN(c2cccc(-c3cc(-c4cnn(CC(C)(C)C)c4)c(/C(N)=N\C=N)[nH]3)c2)C(=O)C1(C)C. The molecule has 0 atom stereocenters. The van der Waals surface area contributed by atoms with Gasteiger partial charge in [0.1, 0.15) is 17.7 Å². The minimum Gasteiger partial charge on any atom is -0.382 e. The van der Waals surface area contributed by atoms with Crippen molar-refractivity contribution in [2.45, 2.75) is 53.6 Å². The highest BCUT2D eigenvalue weighted by molar-refractivity contribution is 6.06. The molecule has 0 aliphatic carbocycles. The Morgan fingerprint density at radius 1 is 1.24 bits per heavy atom. The van der Waals surface area contributed by atoms with E-state index in [1.807, 2.05) is 41.2 Å². The molecular formula is C28H36N8O2. The van der Waals surface area contributed by atoms with Crippen LogP contribution in [0.5, 0.6) is 0 Å². The zero-order valence-corrected chi connectivity index (χ0v) is 22.9. The number of carbonyl (C=O) groups excluding carboxylic acids is 2. The Kier molecular flexibility index (Phi) is 7.01. The Morgan fingerprint density at radius 3 is 2.63 bits per heavy atom. The van der Waals surface area contributed by atoms with Gasteiger partial charge in [-0.1, -0.05) is 32.9 Å². The third-order valence-electron chi connectivity index (χ3n) is 6.70. The molecule has 1 saturated heterocycles. The number of nitrogens with zero attached hydrogens (tertiary/aromatic N) is 5. The monoisotopic (exact) mass is 516 g/mol. The number of aliphatic imine (C=N–C) groups is 1. The summed E-state index contributed by atoms with van der Waals surface area (Å²) in [6, 6.07) is 9.69. The van der Waals surface area contributed by atoms with Crippen LogP contribution in [0.4, 0.5) is 5.69 Å². The Labute approximate surface area is 223 Å². The van der Waals surface area contributed by atoms with Gasteiger partial charge in [-0.2, -0.15) is 5.10 Å². The van der Waals surface area contributed by atoms with Crippen molar-refractivity contribution in [2.75, 3.05) is 18.0 Å². The summed E-state index contributed by atoms with van der Waals surface area (Å²) in [4.78, 5) is 36.2. The minimum absolute atomic E-state index is 0.0679. The standard InChI is InChI=1S/C28H36N8O2/c1-18(37)36-11-10-35(26(38)28(36,5)6)21-9-7-8-19(12-21)23-13-22(24(33-23)25(30)31-17-29)20-14-32-34(15-20)16-27(2,3)4/h7-9,12-15,17,33H,10-11,16H2,1-6H3,(H3,29,30,31). The number of benzene rings is 1. The average Bonchev–Trinajstić information content (AvgIpc) is 3.47. The number of H-pyrrole nitrogens is 1. The minimum atomic E-state index is -0.933. The number of hydrogen-bond acceptors (Lipinski definition) is 4. The first kappa shape index (κ1) is 26.8. The van der Waals surface area contributed by atoms with Crippen LogP contribution in [0.25, 0.3) is 22.4 Å². The summed E-state index contributed by atoms with van der Waals surface area (Å²) in [5.41, 5.74) is 10.1. The van der Waals surface area contributed by atoms with E-state index < -0.39 is 5.54 Å². The molecule has 2 aromatic heterocycles. The molecule has 10 heteroatoms. The fraction of sp³-hybridized carbons (Fsp3) is 0.393. The second kappa shape index (κ2) is 9.92. The zero-order chi connectivity index (χ0) is 27.8. The van der Waals surface area contributed by atoms with E-state index in [4.69, 9.17) is 11.1 Å². The van der Waals surface area contributed by atoms with Crippen molar-refractivity contribution in [3.63, 3.8) is 0 Å². The molecule has 0 bridgehead atoms. The number of carbonyl (C=O) groups is 2. The summed E-state index contributed by atoms with van der Waals surface area (Å²) in [6.07, 6.45) is 4.69. The van der Waals surface area contributed by atoms with Gasteiger partial charge in [0.05, 0.1) is 11.9 Å². The summed E-state index contributed by atoms with van der Waals surface area (Å²) in [5, 5.41) is 11.9. The van der Waals surface area contributed by atoms with Gasteiger partial charge in [-0.05, 0) is 37.5 Å². The van der Waals surface area contributed by atoms with Crippen LogP contribution in [0.3, 0.4) is 0 Å². The fourth-order valence-corrected chi connectivity index (χ4v) is 4.91. The number of amides is 2. The first-order chi connectivity index (χ1) is 17.8. The molecule has 0 unspecified atom stereocenters. The molecule has 3 aromatic rings. The Morgan fingerprint density at radius 2 is 1.97 bits per heavy atom. The van der Waals surface area contributed by atoms with Gasteiger partial charge in [0.15, 0.2) is 0 Å². The van der Waals surface area contributed by atoms with Crippen LogP contribution in [-0.2, 0) is 16.1 Å². The lowest BCUT2D eigenvalue weighted by molar-refractivity contribution is -0.145. The number of aromatic nitrogens is 3. The molecule has 1 aliphatic rings. The molecule has 0 saturated carbocycles. The van der Waals surface area contributed by atoms with Crippen LogP contribution in [-0.4, -0.2) is 62.3 Å². The van der Waals surface area contributed by atoms with Crippen molar-refractivity contribution in [3.8, 4) is 22.4 Å². The van der Waals surface area contributed by atoms with Crippen LogP contribution >= 0.6 is 0 Å². The lowest BCUT2D eigenvalue weighted by Gasteiger charge is -2.45. The molecule has 0 spiro atoms. The number of aromatic amines is 1. The van der Waals surface area contributed by atoms with E-state index in [-0.39, 0.29) is 23.1 Å². The largest absolute Gasteiger partial charge is 0.382 e. The average molecular weight is 517 g/mol. The van der Waals surface area contributed by atoms with Crippen LogP contribution in [0.15, 0.2) is 47.7 Å². The van der Waals surface area contributed by atoms with Crippen LogP contribution in [0, 0.1) is 10.8 Å². The molecule has 2 amide bonds. The second-order valence-corrected chi connectivity index (χ2v) is 11.3. The van der Waals surface area contributed by atoms with Crippen molar-refractivity contribution < 1.29 is 9.59 Å². The number of amidine groups is 1. The highest BCUT2D eigenvalue weighted by atomic mass is 16.2. The predicted octanol–water partition coefficient (Wildman–Crippen LogP) is 3.88. The molecule has 1 fully saturated rings. The number of rotatable bonds is 6. The first-order valence-electron chi connectivity index (χ1n) is 12.6. The number of nitrogens with two attached hydrogens (primary N) is 1. The van der Waals surface area contributed by atoms with Gasteiger partial charge in [-0.3, -0.25) is 19.7 Å². The fourth-order valence-electron chi connectivity index (χ4n) is 4.91. The number of hydrogen-bond donors (Lipinski definition) is 3. The molecule has 0 radical (unpaired) electrons. The number of piperazine rings is 1. The quantitative estimate of drug-likeness (QED) is 0.338. The van der Waals surface area contributed by atoms with Gasteiger partial charge >= 0.3 is 0 Å². The van der Waals surface area contributed by atoms with Gasteiger partial charge in [0.2, 0.25) is 5.91 Å². The highest BCUT2D eigenvalue weighted by Crippen LogP contribution is 2.33. The van der Waals surface area contributed by atoms with Crippen molar-refractivity contribution >= 4 is 29.7 Å². The maximum Gasteiger partial charge on any atom is 0.252 e. The molecule has 3 heterocycles. The van der Waals surface area contributed by atoms with E-state index in [0.717, 1.165) is 41.0 Å². The van der Waals surface area contributed by atoms with E-state index in [1.54, 1.807) is 29.8 Å². The van der Waals surface area contributed by atoms with E-state index in [9.17, 15) is 9.59 Å². The van der Waals surface area contributed by atoms with Crippen molar-refractivity contribution in [2.24, 2.45) is 16.1 Å². The maximum absolute atomic E-state index is 13.4. The van der Waals surface area contributed by atoms with Crippen LogP contribution < -0.4 is 10.6 Å². The van der Waals surface area contributed by atoms with Gasteiger partial charge < -0.3 is 20.5 Å². The predicted molar refractivity (Wildman–Crippen MR) is 150 cm³/mol. The number of anilines is 1. The topological polar surface area (TPSA) is 136 Å². The van der Waals surface area contributed by atoms with E-state index in [0.29, 0.717) is 18.8 Å². The molecular weight excluding hydrogens is 480 g/mol. The Hall–Kier alpha value is -4.21. The summed E-state index contributed by atoms with van der Waals surface area (Å²) < 4.78 is 1.91. The third kappa shape index (κ3) is 5.25. The lowest BCUT2D eigenvalue weighted by Crippen LogP contribution is -2.64. The summed E-state index contributed by atoms with van der Waals surface area (Å²) in [7, 11) is 0. The normalized spacial score (nSPS) is 16.2. The van der Waals surface area contributed by atoms with Gasteiger partial charge in [-0.15, -0.1) is 0 Å². The maximum atomic E-state index is 13.4. The van der Waals surface area contributed by atoms with Gasteiger partial charge in [-0.25, -0.2) is 4.99 Å². The summed E-state index contributed by atoms with van der Waals surface area (Å²) in [5.74, 6) is -0.0472. The zero-order valence-electron chi connectivity index (χ0n) is 22.9. The van der Waals surface area contributed by atoms with E-state index in [2.05, 4.69) is 35.8 Å². The molecule has 10 nitrogen and oxygen atoms in total. The molecule has 38 heavy (non-hydrogen) atoms. The Balaban J connectivity index is 1.72. The van der Waals surface area contributed by atoms with Crippen molar-refractivity contribution in [3.05, 3.63) is 48.4 Å². The van der Waals surface area contributed by atoms with Crippen LogP contribution in [0.2, 0.25) is 0 Å². The summed E-state index contributed by atoms with van der Waals surface area (Å²) in [6.45, 7) is 13.1. The molecule has 200 valence electrons. The first-order valence-corrected chi connectivity index (χ1v) is 12.6. The number of nitrogens with one attached hydrogen (secondary N) is 2. The smallest absolute Gasteiger partial charge is 0.252 e. The van der Waals surface area contributed by atoms with Gasteiger partial charge in [0, 0.05) is 60.8 Å². The summed E-state index contributed by atoms with van der Waals surface area (Å²) >= 11 is 0. The molecule has 4 N–H and O–H groups in total. The molecule has 1 aromatic carbocycles. The highest BCUT2D eigenvalue weighted by Gasteiger charge is 2.43.